The molecule has 0 unspecified atom stereocenters. The molecule has 1 saturated carbocycles. The van der Waals surface area contributed by atoms with Gasteiger partial charge in [0.2, 0.25) is 0 Å². The smallest absolute Gasteiger partial charge is 0.338 e. The van der Waals surface area contributed by atoms with E-state index in [1.54, 1.807) is 24.3 Å². The van der Waals surface area contributed by atoms with Crippen LogP contribution in [-0.4, -0.2) is 24.5 Å². The molecule has 4 heteroatoms. The van der Waals surface area contributed by atoms with Crippen LogP contribution in [0.3, 0.4) is 0 Å². The van der Waals surface area contributed by atoms with Crippen molar-refractivity contribution in [3.63, 3.8) is 0 Å². The first-order valence-corrected chi connectivity index (χ1v) is 8.14. The molecule has 2 rings (SSSR count). The highest BCUT2D eigenvalue weighted by Crippen LogP contribution is 2.20. The summed E-state index contributed by atoms with van der Waals surface area (Å²) < 4.78 is 11.1. The molecule has 0 aromatic heterocycles. The monoisotopic (exact) mass is 304 g/mol. The van der Waals surface area contributed by atoms with E-state index < -0.39 is 0 Å². The topological polar surface area (TPSA) is 52.6 Å². The predicted octanol–water partition coefficient (Wildman–Crippen LogP) is 3.92. The molecule has 1 aromatic carbocycles. The molecule has 0 aliphatic heterocycles. The third-order valence-corrected chi connectivity index (χ3v) is 3.87. The van der Waals surface area contributed by atoms with E-state index in [1.807, 2.05) is 0 Å². The summed E-state index contributed by atoms with van der Waals surface area (Å²) in [6.07, 6.45) is 5.56. The Bertz CT molecular complexity index is 482. The maximum Gasteiger partial charge on any atom is 0.338 e. The van der Waals surface area contributed by atoms with Gasteiger partial charge < -0.3 is 9.47 Å². The van der Waals surface area contributed by atoms with Crippen molar-refractivity contribution in [3.05, 3.63) is 29.8 Å². The summed E-state index contributed by atoms with van der Waals surface area (Å²) in [4.78, 5) is 23.2. The van der Waals surface area contributed by atoms with Crippen molar-refractivity contribution in [2.24, 2.45) is 0 Å². The fourth-order valence-electron chi connectivity index (χ4n) is 2.48. The minimum atomic E-state index is -0.322. The molecular formula is C18H24O4. The van der Waals surface area contributed by atoms with E-state index in [-0.39, 0.29) is 17.9 Å². The summed E-state index contributed by atoms with van der Waals surface area (Å²) in [7, 11) is 0. The molecule has 0 radical (unpaired) electrons. The molecule has 0 atom stereocenters. The van der Waals surface area contributed by atoms with Gasteiger partial charge in [0.1, 0.15) is 17.6 Å². The normalized spacial score (nSPS) is 15.6. The molecule has 22 heavy (non-hydrogen) atoms. The minimum absolute atomic E-state index is 0.129. The van der Waals surface area contributed by atoms with Crippen LogP contribution < -0.4 is 4.74 Å². The molecule has 1 aromatic rings. The van der Waals surface area contributed by atoms with Crippen LogP contribution >= 0.6 is 0 Å². The van der Waals surface area contributed by atoms with Gasteiger partial charge in [-0.3, -0.25) is 4.79 Å². The number of Topliss-reactive ketones (excluding diaryl/α,β-unsaturated/α-hetero) is 1. The van der Waals surface area contributed by atoms with Crippen molar-refractivity contribution in [2.75, 3.05) is 6.61 Å². The molecule has 0 amide bonds. The number of rotatable bonds is 7. The molecule has 1 fully saturated rings. The van der Waals surface area contributed by atoms with Crippen LogP contribution in [0.1, 0.15) is 62.2 Å². The molecule has 0 saturated heterocycles. The molecule has 4 nitrogen and oxygen atoms in total. The van der Waals surface area contributed by atoms with Crippen LogP contribution in [-0.2, 0) is 9.53 Å². The average molecular weight is 304 g/mol. The van der Waals surface area contributed by atoms with Crippen LogP contribution in [0.25, 0.3) is 0 Å². The van der Waals surface area contributed by atoms with E-state index in [1.165, 1.54) is 6.42 Å². The van der Waals surface area contributed by atoms with E-state index >= 15 is 0 Å². The lowest BCUT2D eigenvalue weighted by atomic mass is 9.96. The molecule has 120 valence electrons. The van der Waals surface area contributed by atoms with Gasteiger partial charge in [0.05, 0.1) is 12.2 Å². The van der Waals surface area contributed by atoms with E-state index in [0.29, 0.717) is 37.9 Å². The second-order valence-electron chi connectivity index (χ2n) is 5.72. The van der Waals surface area contributed by atoms with Crippen molar-refractivity contribution >= 4 is 11.8 Å². The van der Waals surface area contributed by atoms with Crippen LogP contribution in [0.4, 0.5) is 0 Å². The zero-order valence-electron chi connectivity index (χ0n) is 13.2. The molecule has 0 bridgehead atoms. The lowest BCUT2D eigenvalue weighted by Crippen LogP contribution is -2.24. The number of unbranched alkanes of at least 4 members (excludes halogenated alkanes) is 2. The summed E-state index contributed by atoms with van der Waals surface area (Å²) in [5, 5.41) is 0. The molecule has 1 aliphatic rings. The van der Waals surface area contributed by atoms with Gasteiger partial charge >= 0.3 is 5.97 Å². The zero-order valence-corrected chi connectivity index (χ0v) is 13.2. The number of esters is 1. The fourth-order valence-corrected chi connectivity index (χ4v) is 2.48. The Morgan fingerprint density at radius 3 is 2.45 bits per heavy atom. The summed E-state index contributed by atoms with van der Waals surface area (Å²) in [6.45, 7) is 2.86. The highest BCUT2D eigenvalue weighted by Gasteiger charge is 2.22. The molecular weight excluding hydrogens is 280 g/mol. The minimum Gasteiger partial charge on any atom is -0.494 e. The summed E-state index contributed by atoms with van der Waals surface area (Å²) in [5.74, 6) is 0.713. The zero-order chi connectivity index (χ0) is 15.8. The van der Waals surface area contributed by atoms with Gasteiger partial charge in [-0.2, -0.15) is 0 Å². The third kappa shape index (κ3) is 5.17. The number of ether oxygens (including phenoxy) is 2. The van der Waals surface area contributed by atoms with Gasteiger partial charge in [-0.25, -0.2) is 4.79 Å². The van der Waals surface area contributed by atoms with Crippen molar-refractivity contribution in [2.45, 2.75) is 58.0 Å². The van der Waals surface area contributed by atoms with Crippen molar-refractivity contribution < 1.29 is 19.1 Å². The van der Waals surface area contributed by atoms with Crippen LogP contribution in [0.5, 0.6) is 5.75 Å². The van der Waals surface area contributed by atoms with E-state index in [9.17, 15) is 9.59 Å². The number of benzene rings is 1. The highest BCUT2D eigenvalue weighted by atomic mass is 16.5. The van der Waals surface area contributed by atoms with Gasteiger partial charge in [-0.1, -0.05) is 19.8 Å². The summed E-state index contributed by atoms with van der Waals surface area (Å²) in [6, 6.07) is 7.05. The van der Waals surface area contributed by atoms with Crippen molar-refractivity contribution in [3.8, 4) is 5.75 Å². The maximum atomic E-state index is 12.1. The lowest BCUT2D eigenvalue weighted by molar-refractivity contribution is -0.122. The second-order valence-corrected chi connectivity index (χ2v) is 5.72. The van der Waals surface area contributed by atoms with E-state index in [2.05, 4.69) is 6.92 Å². The third-order valence-electron chi connectivity index (χ3n) is 3.87. The first-order valence-electron chi connectivity index (χ1n) is 8.14. The Morgan fingerprint density at radius 1 is 1.14 bits per heavy atom. The quantitative estimate of drug-likeness (QED) is 0.566. The summed E-state index contributed by atoms with van der Waals surface area (Å²) in [5.41, 5.74) is 0.526. The van der Waals surface area contributed by atoms with E-state index in [0.717, 1.165) is 18.6 Å². The van der Waals surface area contributed by atoms with Crippen molar-refractivity contribution in [1.29, 1.82) is 0 Å². The standard InChI is InChI=1S/C18H24O4/c1-2-3-4-13-21-16-9-5-14(6-10-16)18(20)22-17-11-7-15(19)8-12-17/h5-6,9-10,17H,2-4,7-8,11-13H2,1H3. The van der Waals surface area contributed by atoms with Crippen molar-refractivity contribution in [1.82, 2.24) is 0 Å². The maximum absolute atomic E-state index is 12.1. The van der Waals surface area contributed by atoms with Gasteiger partial charge in [-0.15, -0.1) is 0 Å². The van der Waals surface area contributed by atoms with Crippen LogP contribution in [0, 0.1) is 0 Å². The average Bonchev–Trinajstić information content (AvgIpc) is 2.54. The van der Waals surface area contributed by atoms with Gasteiger partial charge in [0, 0.05) is 12.8 Å². The predicted molar refractivity (Wildman–Crippen MR) is 84.1 cm³/mol. The molecule has 0 heterocycles. The van der Waals surface area contributed by atoms with Gasteiger partial charge in [0.25, 0.3) is 0 Å². The van der Waals surface area contributed by atoms with Gasteiger partial charge in [-0.05, 0) is 43.5 Å². The first kappa shape index (κ1) is 16.5. The fraction of sp³-hybridized carbons (Fsp3) is 0.556. The molecule has 0 spiro atoms. The number of carbonyl (C=O) groups is 2. The Labute approximate surface area is 131 Å². The SMILES string of the molecule is CCCCCOc1ccc(C(=O)OC2CCC(=O)CC2)cc1. The number of hydrogen-bond donors (Lipinski definition) is 0. The number of hydrogen-bond acceptors (Lipinski definition) is 4. The largest absolute Gasteiger partial charge is 0.494 e. The number of carbonyl (C=O) groups excluding carboxylic acids is 2. The Morgan fingerprint density at radius 2 is 1.82 bits per heavy atom. The summed E-state index contributed by atoms with van der Waals surface area (Å²) >= 11 is 0. The Hall–Kier alpha value is -1.84. The molecule has 1 aliphatic carbocycles. The highest BCUT2D eigenvalue weighted by molar-refractivity contribution is 5.89. The Kier molecular flexibility index (Phi) is 6.44. The Balaban J connectivity index is 1.79. The first-order chi connectivity index (χ1) is 10.7. The van der Waals surface area contributed by atoms with Crippen LogP contribution in [0.2, 0.25) is 0 Å². The van der Waals surface area contributed by atoms with E-state index in [4.69, 9.17) is 9.47 Å². The lowest BCUT2D eigenvalue weighted by Gasteiger charge is -2.21. The van der Waals surface area contributed by atoms with Gasteiger partial charge in [0.15, 0.2) is 0 Å². The van der Waals surface area contributed by atoms with Crippen LogP contribution in [0.15, 0.2) is 24.3 Å². The number of ketones is 1. The second kappa shape index (κ2) is 8.57. The molecule has 0 N–H and O–H groups in total.